The lowest BCUT2D eigenvalue weighted by Crippen LogP contribution is -2.39. The number of amides is 1. The van der Waals surface area contributed by atoms with Crippen molar-refractivity contribution in [2.75, 3.05) is 5.33 Å². The normalized spacial score (nSPS) is 12.9. The van der Waals surface area contributed by atoms with Crippen molar-refractivity contribution in [3.63, 3.8) is 0 Å². The van der Waals surface area contributed by atoms with Crippen LogP contribution in [0.5, 0.6) is 0 Å². The molecule has 2 rings (SSSR count). The molecule has 0 bridgehead atoms. The van der Waals surface area contributed by atoms with Crippen molar-refractivity contribution in [3.05, 3.63) is 35.2 Å². The summed E-state index contributed by atoms with van der Waals surface area (Å²) in [7, 11) is 0. The summed E-state index contributed by atoms with van der Waals surface area (Å²) in [4.78, 5) is 12.9. The fraction of sp³-hybridized carbons (Fsp3) is 0.357. The maximum absolute atomic E-state index is 12.2. The van der Waals surface area contributed by atoms with Gasteiger partial charge in [-0.3, -0.25) is 4.79 Å². The van der Waals surface area contributed by atoms with Crippen LogP contribution in [0.1, 0.15) is 23.5 Å². The molecular formula is C14H16BrNOS. The molecule has 2 nitrogen and oxygen atoms in total. The Kier molecular flexibility index (Phi) is 4.40. The topological polar surface area (TPSA) is 29.1 Å². The van der Waals surface area contributed by atoms with Crippen molar-refractivity contribution in [2.45, 2.75) is 19.9 Å². The zero-order valence-electron chi connectivity index (χ0n) is 10.4. The van der Waals surface area contributed by atoms with Crippen LogP contribution >= 0.6 is 27.3 Å². The van der Waals surface area contributed by atoms with E-state index in [2.05, 4.69) is 35.1 Å². The SMILES string of the molecule is CC(C)C(CBr)NC(=O)c1cc2ccccc2s1. The number of carbonyl (C=O) groups excluding carboxylic acids is 1. The second-order valence-corrected chi connectivity index (χ2v) is 6.36. The third kappa shape index (κ3) is 2.93. The summed E-state index contributed by atoms with van der Waals surface area (Å²) >= 11 is 4.98. The largest absolute Gasteiger partial charge is 0.348 e. The van der Waals surface area contributed by atoms with Gasteiger partial charge in [0.05, 0.1) is 4.88 Å². The Morgan fingerprint density at radius 1 is 1.39 bits per heavy atom. The molecule has 1 heterocycles. The third-order valence-corrected chi connectivity index (χ3v) is 4.75. The van der Waals surface area contributed by atoms with E-state index in [9.17, 15) is 4.79 Å². The van der Waals surface area contributed by atoms with E-state index >= 15 is 0 Å². The summed E-state index contributed by atoms with van der Waals surface area (Å²) in [5.41, 5.74) is 0. The molecule has 1 atom stereocenters. The second-order valence-electron chi connectivity index (χ2n) is 4.63. The predicted octanol–water partition coefficient (Wildman–Crippen LogP) is 4.05. The Morgan fingerprint density at radius 2 is 2.11 bits per heavy atom. The summed E-state index contributed by atoms with van der Waals surface area (Å²) in [6.45, 7) is 4.22. The molecule has 96 valence electrons. The standard InChI is InChI=1S/C14H16BrNOS/c1-9(2)11(8-15)16-14(17)13-7-10-5-3-4-6-12(10)18-13/h3-7,9,11H,8H2,1-2H3,(H,16,17). The van der Waals surface area contributed by atoms with Gasteiger partial charge in [-0.2, -0.15) is 0 Å². The third-order valence-electron chi connectivity index (χ3n) is 2.94. The molecule has 18 heavy (non-hydrogen) atoms. The molecule has 0 saturated carbocycles. The van der Waals surface area contributed by atoms with Gasteiger partial charge in [-0.1, -0.05) is 48.0 Å². The van der Waals surface area contributed by atoms with Crippen LogP contribution in [-0.2, 0) is 0 Å². The van der Waals surface area contributed by atoms with Crippen LogP contribution in [0.3, 0.4) is 0 Å². The first kappa shape index (κ1) is 13.6. The Balaban J connectivity index is 2.18. The molecule has 0 spiro atoms. The number of halogens is 1. The summed E-state index contributed by atoms with van der Waals surface area (Å²) < 4.78 is 1.16. The highest BCUT2D eigenvalue weighted by Crippen LogP contribution is 2.25. The van der Waals surface area contributed by atoms with Gasteiger partial charge in [-0.15, -0.1) is 11.3 Å². The lowest BCUT2D eigenvalue weighted by molar-refractivity contribution is 0.0936. The second kappa shape index (κ2) is 5.85. The van der Waals surface area contributed by atoms with E-state index in [0.717, 1.165) is 20.3 Å². The van der Waals surface area contributed by atoms with Crippen LogP contribution < -0.4 is 5.32 Å². The highest BCUT2D eigenvalue weighted by atomic mass is 79.9. The summed E-state index contributed by atoms with van der Waals surface area (Å²) in [6, 6.07) is 10.2. The van der Waals surface area contributed by atoms with E-state index in [0.29, 0.717) is 5.92 Å². The van der Waals surface area contributed by atoms with Crippen LogP contribution in [0.15, 0.2) is 30.3 Å². The molecule has 0 aliphatic carbocycles. The van der Waals surface area contributed by atoms with Gasteiger partial charge in [-0.05, 0) is 23.4 Å². The van der Waals surface area contributed by atoms with Crippen LogP contribution in [-0.4, -0.2) is 17.3 Å². The van der Waals surface area contributed by atoms with Crippen molar-refractivity contribution in [2.24, 2.45) is 5.92 Å². The number of alkyl halides is 1. The number of rotatable bonds is 4. The van der Waals surface area contributed by atoms with E-state index in [1.54, 1.807) is 11.3 Å². The van der Waals surface area contributed by atoms with Crippen molar-refractivity contribution >= 4 is 43.3 Å². The fourth-order valence-corrected chi connectivity index (χ4v) is 3.59. The number of fused-ring (bicyclic) bond motifs is 1. The molecule has 1 N–H and O–H groups in total. The first-order valence-corrected chi connectivity index (χ1v) is 7.91. The maximum Gasteiger partial charge on any atom is 0.261 e. The molecule has 1 aromatic carbocycles. The highest BCUT2D eigenvalue weighted by Gasteiger charge is 2.17. The molecule has 0 aliphatic rings. The maximum atomic E-state index is 12.2. The minimum Gasteiger partial charge on any atom is -0.348 e. The van der Waals surface area contributed by atoms with Gasteiger partial charge < -0.3 is 5.32 Å². The molecule has 0 saturated heterocycles. The van der Waals surface area contributed by atoms with Gasteiger partial charge in [0.15, 0.2) is 0 Å². The molecule has 1 aromatic heterocycles. The van der Waals surface area contributed by atoms with Crippen LogP contribution in [0.4, 0.5) is 0 Å². The molecule has 1 unspecified atom stereocenters. The summed E-state index contributed by atoms with van der Waals surface area (Å²) in [5.74, 6) is 0.442. The van der Waals surface area contributed by atoms with Gasteiger partial charge in [0, 0.05) is 16.1 Å². The van der Waals surface area contributed by atoms with E-state index in [1.807, 2.05) is 30.3 Å². The molecule has 0 aliphatic heterocycles. The number of carbonyl (C=O) groups is 1. The highest BCUT2D eigenvalue weighted by molar-refractivity contribution is 9.09. The van der Waals surface area contributed by atoms with Gasteiger partial charge in [0.2, 0.25) is 0 Å². The van der Waals surface area contributed by atoms with Crippen LogP contribution in [0, 0.1) is 5.92 Å². The molecule has 1 amide bonds. The summed E-state index contributed by atoms with van der Waals surface area (Å²) in [6.07, 6.45) is 0. The van der Waals surface area contributed by atoms with Crippen molar-refractivity contribution in [1.82, 2.24) is 5.32 Å². The van der Waals surface area contributed by atoms with Gasteiger partial charge in [0.25, 0.3) is 5.91 Å². The lowest BCUT2D eigenvalue weighted by atomic mass is 10.1. The molecule has 2 aromatic rings. The van der Waals surface area contributed by atoms with Crippen molar-refractivity contribution < 1.29 is 4.79 Å². The van der Waals surface area contributed by atoms with E-state index < -0.39 is 0 Å². The van der Waals surface area contributed by atoms with E-state index in [1.165, 1.54) is 0 Å². The van der Waals surface area contributed by atoms with E-state index in [4.69, 9.17) is 0 Å². The number of benzene rings is 1. The smallest absolute Gasteiger partial charge is 0.261 e. The molecule has 0 fully saturated rings. The first-order valence-electron chi connectivity index (χ1n) is 5.97. The Hall–Kier alpha value is -0.870. The summed E-state index contributed by atoms with van der Waals surface area (Å²) in [5, 5.41) is 4.98. The minimum absolute atomic E-state index is 0.0225. The quantitative estimate of drug-likeness (QED) is 0.844. The average Bonchev–Trinajstić information content (AvgIpc) is 2.79. The number of nitrogens with one attached hydrogen (secondary N) is 1. The number of hydrogen-bond donors (Lipinski definition) is 1. The minimum atomic E-state index is 0.0225. The molecular weight excluding hydrogens is 310 g/mol. The Labute approximate surface area is 120 Å². The van der Waals surface area contributed by atoms with Gasteiger partial charge in [0.1, 0.15) is 0 Å². The Bertz CT molecular complexity index is 516. The predicted molar refractivity (Wildman–Crippen MR) is 81.7 cm³/mol. The number of hydrogen-bond acceptors (Lipinski definition) is 2. The zero-order valence-corrected chi connectivity index (χ0v) is 12.8. The number of thiophene rings is 1. The van der Waals surface area contributed by atoms with Gasteiger partial charge >= 0.3 is 0 Å². The lowest BCUT2D eigenvalue weighted by Gasteiger charge is -2.19. The average molecular weight is 326 g/mol. The van der Waals surface area contributed by atoms with E-state index in [-0.39, 0.29) is 11.9 Å². The molecule has 4 heteroatoms. The van der Waals surface area contributed by atoms with Crippen LogP contribution in [0.25, 0.3) is 10.1 Å². The monoisotopic (exact) mass is 325 g/mol. The van der Waals surface area contributed by atoms with Crippen molar-refractivity contribution in [3.8, 4) is 0 Å². The van der Waals surface area contributed by atoms with Gasteiger partial charge in [-0.25, -0.2) is 0 Å². The van der Waals surface area contributed by atoms with Crippen molar-refractivity contribution in [1.29, 1.82) is 0 Å². The van der Waals surface area contributed by atoms with Crippen LogP contribution in [0.2, 0.25) is 0 Å². The fourth-order valence-electron chi connectivity index (χ4n) is 1.72. The Morgan fingerprint density at radius 3 is 2.72 bits per heavy atom. The zero-order chi connectivity index (χ0) is 13.1. The molecule has 0 radical (unpaired) electrons. The first-order chi connectivity index (χ1) is 8.61.